The Morgan fingerprint density at radius 1 is 1.17 bits per heavy atom. The molecular weight excluding hydrogens is 472 g/mol. The number of carboxylic acid groups (broad SMARTS) is 1. The van der Waals surface area contributed by atoms with E-state index in [1.807, 2.05) is 0 Å². The number of rotatable bonds is 11. The Morgan fingerprint density at radius 3 is 2.39 bits per heavy atom. The Morgan fingerprint density at radius 2 is 1.83 bits per heavy atom. The van der Waals surface area contributed by atoms with Crippen LogP contribution in [0.5, 0.6) is 0 Å². The Hall–Kier alpha value is -2.95. The number of ether oxygens (including phenoxy) is 1. The number of pyridine rings is 1. The third-order valence-corrected chi connectivity index (χ3v) is 7.88. The van der Waals surface area contributed by atoms with Gasteiger partial charge in [-0.3, -0.25) is 14.6 Å². The van der Waals surface area contributed by atoms with Crippen molar-refractivity contribution in [3.63, 3.8) is 0 Å². The number of aromatic nitrogens is 4. The second kappa shape index (κ2) is 10.2. The van der Waals surface area contributed by atoms with Gasteiger partial charge in [0, 0.05) is 56.5 Å². The fourth-order valence-electron chi connectivity index (χ4n) is 5.38. The van der Waals surface area contributed by atoms with Crippen molar-refractivity contribution in [1.29, 1.82) is 0 Å². The number of carbonyl (C=O) groups excluding carboxylic acids is 1. The molecule has 9 nitrogen and oxygen atoms in total. The van der Waals surface area contributed by atoms with Gasteiger partial charge in [-0.2, -0.15) is 0 Å². The Kier molecular flexibility index (Phi) is 7.40. The first-order valence-corrected chi connectivity index (χ1v) is 12.3. The number of carbonyl (C=O) groups is 2. The predicted molar refractivity (Wildman–Crippen MR) is 125 cm³/mol. The normalized spacial score (nSPS) is 24.4. The molecule has 2 aromatic rings. The van der Waals surface area contributed by atoms with Gasteiger partial charge in [0.05, 0.1) is 23.3 Å². The molecule has 36 heavy (non-hydrogen) atoms. The first-order chi connectivity index (χ1) is 17.1. The number of nitrogens with zero attached hydrogens (tertiary/aromatic N) is 4. The summed E-state index contributed by atoms with van der Waals surface area (Å²) in [7, 11) is 1.61. The molecule has 3 saturated carbocycles. The fourth-order valence-corrected chi connectivity index (χ4v) is 5.38. The van der Waals surface area contributed by atoms with E-state index in [4.69, 9.17) is 4.74 Å². The summed E-state index contributed by atoms with van der Waals surface area (Å²) >= 11 is 0. The standard InChI is InChI=1S/C25H33F2N5O4/c1-23(26,27)17-3-4-19(28-14-17)15-32-16-20(30-31-32)13-18(5-12-36-2)29-21(33)24-6-9-25(10-7-24,11-8-24)22(34)35/h3-4,14,16,18H,5-13,15H2,1-2H3,(H,29,33)(H,34,35). The van der Waals surface area contributed by atoms with Gasteiger partial charge < -0.3 is 15.2 Å². The third kappa shape index (κ3) is 5.55. The van der Waals surface area contributed by atoms with E-state index >= 15 is 0 Å². The molecule has 3 fully saturated rings. The third-order valence-electron chi connectivity index (χ3n) is 7.88. The quantitative estimate of drug-likeness (QED) is 0.481. The Balaban J connectivity index is 1.38. The van der Waals surface area contributed by atoms with Crippen LogP contribution in [0.2, 0.25) is 0 Å². The predicted octanol–water partition coefficient (Wildman–Crippen LogP) is 3.32. The minimum Gasteiger partial charge on any atom is -0.481 e. The lowest BCUT2D eigenvalue weighted by Gasteiger charge is -2.50. The van der Waals surface area contributed by atoms with Gasteiger partial charge in [0.15, 0.2) is 0 Å². The molecule has 5 rings (SSSR count). The summed E-state index contributed by atoms with van der Waals surface area (Å²) < 4.78 is 33.6. The first-order valence-electron chi connectivity index (χ1n) is 12.3. The van der Waals surface area contributed by atoms with Gasteiger partial charge in [0.25, 0.3) is 5.92 Å². The highest BCUT2D eigenvalue weighted by Crippen LogP contribution is 2.57. The monoisotopic (exact) mass is 505 g/mol. The van der Waals surface area contributed by atoms with Crippen molar-refractivity contribution in [3.05, 3.63) is 41.5 Å². The SMILES string of the molecule is COCCC(Cc1cn(Cc2ccc(C(C)(F)F)cn2)nn1)NC(=O)C12CCC(C(=O)O)(CC1)CC2. The van der Waals surface area contributed by atoms with E-state index < -0.39 is 22.7 Å². The highest BCUT2D eigenvalue weighted by atomic mass is 19.3. The second-order valence-electron chi connectivity index (χ2n) is 10.4. The number of methoxy groups -OCH3 is 1. The zero-order chi connectivity index (χ0) is 26.0. The van der Waals surface area contributed by atoms with Crippen molar-refractivity contribution in [2.75, 3.05) is 13.7 Å². The molecule has 0 spiro atoms. The largest absolute Gasteiger partial charge is 0.481 e. The summed E-state index contributed by atoms with van der Waals surface area (Å²) in [6, 6.07) is 2.68. The fraction of sp³-hybridized carbons (Fsp3) is 0.640. The van der Waals surface area contributed by atoms with Crippen LogP contribution in [0.1, 0.15) is 68.8 Å². The van der Waals surface area contributed by atoms with Crippen LogP contribution in [0.15, 0.2) is 24.5 Å². The molecule has 0 aliphatic heterocycles. The highest BCUT2D eigenvalue weighted by Gasteiger charge is 2.55. The molecule has 0 aromatic carbocycles. The summed E-state index contributed by atoms with van der Waals surface area (Å²) in [5, 5.41) is 21.1. The maximum atomic E-state index is 13.4. The molecular formula is C25H33F2N5O4. The molecule has 1 amide bonds. The molecule has 11 heteroatoms. The van der Waals surface area contributed by atoms with Gasteiger partial charge in [0.2, 0.25) is 5.91 Å². The average Bonchev–Trinajstić information content (AvgIpc) is 3.29. The lowest BCUT2D eigenvalue weighted by Crippen LogP contribution is -2.54. The van der Waals surface area contributed by atoms with Gasteiger partial charge >= 0.3 is 5.97 Å². The zero-order valence-corrected chi connectivity index (χ0v) is 20.7. The van der Waals surface area contributed by atoms with E-state index in [2.05, 4.69) is 20.6 Å². The zero-order valence-electron chi connectivity index (χ0n) is 20.7. The van der Waals surface area contributed by atoms with E-state index in [0.717, 1.165) is 6.92 Å². The number of nitrogens with one attached hydrogen (secondary N) is 1. The molecule has 2 bridgehead atoms. The molecule has 2 N–H and O–H groups in total. The lowest BCUT2D eigenvalue weighted by atomic mass is 9.53. The smallest absolute Gasteiger partial charge is 0.309 e. The molecule has 3 aliphatic rings. The van der Waals surface area contributed by atoms with Gasteiger partial charge in [-0.05, 0) is 57.1 Å². The minimum atomic E-state index is -2.94. The molecule has 1 unspecified atom stereocenters. The molecule has 196 valence electrons. The summed E-state index contributed by atoms with van der Waals surface area (Å²) in [6.07, 6.45) is 7.37. The van der Waals surface area contributed by atoms with Crippen LogP contribution < -0.4 is 5.32 Å². The van der Waals surface area contributed by atoms with Crippen molar-refractivity contribution in [3.8, 4) is 0 Å². The molecule has 3 aliphatic carbocycles. The van der Waals surface area contributed by atoms with Crippen molar-refractivity contribution in [2.45, 2.75) is 76.8 Å². The van der Waals surface area contributed by atoms with E-state index in [1.54, 1.807) is 24.1 Å². The summed E-state index contributed by atoms with van der Waals surface area (Å²) in [6.45, 7) is 1.58. The van der Waals surface area contributed by atoms with E-state index in [1.165, 1.54) is 12.3 Å². The number of amides is 1. The molecule has 2 heterocycles. The van der Waals surface area contributed by atoms with Crippen LogP contribution in [0.25, 0.3) is 0 Å². The van der Waals surface area contributed by atoms with Crippen molar-refractivity contribution in [1.82, 2.24) is 25.3 Å². The number of fused-ring (bicyclic) bond motifs is 3. The minimum absolute atomic E-state index is 0.0216. The average molecular weight is 506 g/mol. The number of aliphatic carboxylic acids is 1. The van der Waals surface area contributed by atoms with Crippen LogP contribution in [-0.2, 0) is 33.2 Å². The number of alkyl halides is 2. The van der Waals surface area contributed by atoms with Gasteiger partial charge in [0.1, 0.15) is 0 Å². The van der Waals surface area contributed by atoms with Crippen LogP contribution in [0.4, 0.5) is 8.78 Å². The molecule has 2 aromatic heterocycles. The number of hydrogen-bond acceptors (Lipinski definition) is 6. The molecule has 0 radical (unpaired) electrons. The molecule has 1 atom stereocenters. The maximum absolute atomic E-state index is 13.4. The Labute approximate surface area is 208 Å². The van der Waals surface area contributed by atoms with Crippen LogP contribution >= 0.6 is 0 Å². The van der Waals surface area contributed by atoms with E-state index in [9.17, 15) is 23.5 Å². The molecule has 0 saturated heterocycles. The highest BCUT2D eigenvalue weighted by molar-refractivity contribution is 5.85. The maximum Gasteiger partial charge on any atom is 0.309 e. The van der Waals surface area contributed by atoms with E-state index in [0.29, 0.717) is 69.4 Å². The van der Waals surface area contributed by atoms with Crippen LogP contribution in [0.3, 0.4) is 0 Å². The van der Waals surface area contributed by atoms with Crippen molar-refractivity contribution >= 4 is 11.9 Å². The Bertz CT molecular complexity index is 1060. The number of hydrogen-bond donors (Lipinski definition) is 2. The topological polar surface area (TPSA) is 119 Å². The lowest BCUT2D eigenvalue weighted by molar-refractivity contribution is -0.163. The summed E-state index contributed by atoms with van der Waals surface area (Å²) in [5.41, 5.74) is -0.0561. The van der Waals surface area contributed by atoms with Gasteiger partial charge in [-0.25, -0.2) is 13.5 Å². The first kappa shape index (κ1) is 26.1. The number of halogens is 2. The van der Waals surface area contributed by atoms with Crippen LogP contribution in [0, 0.1) is 10.8 Å². The van der Waals surface area contributed by atoms with E-state index in [-0.39, 0.29) is 24.1 Å². The van der Waals surface area contributed by atoms with Crippen LogP contribution in [-0.4, -0.2) is 56.7 Å². The number of carboxylic acids is 1. The van der Waals surface area contributed by atoms with Crippen molar-refractivity contribution in [2.24, 2.45) is 10.8 Å². The second-order valence-corrected chi connectivity index (χ2v) is 10.4. The van der Waals surface area contributed by atoms with Gasteiger partial charge in [-0.15, -0.1) is 5.10 Å². The van der Waals surface area contributed by atoms with Crippen molar-refractivity contribution < 1.29 is 28.2 Å². The summed E-state index contributed by atoms with van der Waals surface area (Å²) in [4.78, 5) is 29.2. The summed E-state index contributed by atoms with van der Waals surface area (Å²) in [5.74, 6) is -3.71. The van der Waals surface area contributed by atoms with Gasteiger partial charge in [-0.1, -0.05) is 5.21 Å².